The van der Waals surface area contributed by atoms with Gasteiger partial charge in [-0.05, 0) is 18.6 Å². The van der Waals surface area contributed by atoms with Crippen LogP contribution in [0.2, 0.25) is 0 Å². The van der Waals surface area contributed by atoms with Gasteiger partial charge in [0.2, 0.25) is 0 Å². The van der Waals surface area contributed by atoms with E-state index in [0.29, 0.717) is 31.9 Å². The van der Waals surface area contributed by atoms with Crippen LogP contribution in [-0.4, -0.2) is 46.4 Å². The molecule has 0 heterocycles. The average molecular weight is 283 g/mol. The summed E-state index contributed by atoms with van der Waals surface area (Å²) in [7, 11) is 3.41. The summed E-state index contributed by atoms with van der Waals surface area (Å²) in [5, 5.41) is 5.40. The van der Waals surface area contributed by atoms with Crippen molar-refractivity contribution in [3.8, 4) is 0 Å². The van der Waals surface area contributed by atoms with Gasteiger partial charge in [-0.1, -0.05) is 12.1 Å². The Morgan fingerprint density at radius 1 is 1.30 bits per heavy atom. The van der Waals surface area contributed by atoms with Gasteiger partial charge in [0, 0.05) is 33.8 Å². The first kappa shape index (κ1) is 16.2. The van der Waals surface area contributed by atoms with Gasteiger partial charge in [0.1, 0.15) is 5.82 Å². The van der Waals surface area contributed by atoms with E-state index in [4.69, 9.17) is 4.74 Å². The molecule has 2 N–H and O–H groups in total. The second kappa shape index (κ2) is 9.14. The van der Waals surface area contributed by atoms with E-state index in [1.54, 1.807) is 25.3 Å². The fourth-order valence-electron chi connectivity index (χ4n) is 1.73. The number of carbonyl (C=O) groups excluding carboxylic acids is 1. The predicted molar refractivity (Wildman–Crippen MR) is 77.6 cm³/mol. The maximum Gasteiger partial charge on any atom is 0.314 e. The summed E-state index contributed by atoms with van der Waals surface area (Å²) in [5.41, 5.74) is 0.567. The highest BCUT2D eigenvalue weighted by atomic mass is 19.1. The van der Waals surface area contributed by atoms with Crippen molar-refractivity contribution < 1.29 is 13.9 Å². The van der Waals surface area contributed by atoms with Crippen LogP contribution in [-0.2, 0) is 4.74 Å². The first-order valence-corrected chi connectivity index (χ1v) is 6.61. The highest BCUT2D eigenvalue weighted by Gasteiger charge is 2.06. The summed E-state index contributed by atoms with van der Waals surface area (Å²) < 4.78 is 18.3. The molecule has 0 radical (unpaired) electrons. The van der Waals surface area contributed by atoms with Gasteiger partial charge in [0.25, 0.3) is 0 Å². The van der Waals surface area contributed by atoms with Crippen LogP contribution in [0.15, 0.2) is 24.3 Å². The number of carbonyl (C=O) groups is 1. The summed E-state index contributed by atoms with van der Waals surface area (Å²) >= 11 is 0. The molecule has 1 aromatic rings. The minimum absolute atomic E-state index is 0.212. The Kier molecular flexibility index (Phi) is 7.42. The Labute approximate surface area is 119 Å². The van der Waals surface area contributed by atoms with Gasteiger partial charge in [0.05, 0.1) is 12.3 Å². The molecule has 20 heavy (non-hydrogen) atoms. The van der Waals surface area contributed by atoms with Crippen LogP contribution in [0.1, 0.15) is 6.42 Å². The molecule has 0 saturated heterocycles. The van der Waals surface area contributed by atoms with Crippen molar-refractivity contribution in [1.29, 1.82) is 0 Å². The molecule has 0 saturated carbocycles. The summed E-state index contributed by atoms with van der Waals surface area (Å²) in [6.45, 7) is 2.18. The quantitative estimate of drug-likeness (QED) is 0.713. The number of nitrogens with one attached hydrogen (secondary N) is 2. The average Bonchev–Trinajstić information content (AvgIpc) is 2.44. The summed E-state index contributed by atoms with van der Waals surface area (Å²) in [5.74, 6) is -0.236. The molecular weight excluding hydrogens is 261 g/mol. The lowest BCUT2D eigenvalue weighted by Crippen LogP contribution is -2.38. The Hall–Kier alpha value is -1.82. The second-order valence-electron chi connectivity index (χ2n) is 4.40. The largest absolute Gasteiger partial charge is 0.383 e. The number of halogens is 1. The fraction of sp³-hybridized carbons (Fsp3) is 0.500. The molecule has 1 rings (SSSR count). The van der Waals surface area contributed by atoms with Gasteiger partial charge < -0.3 is 20.3 Å². The molecule has 0 aromatic heterocycles. The van der Waals surface area contributed by atoms with E-state index in [1.165, 1.54) is 6.07 Å². The topological polar surface area (TPSA) is 53.6 Å². The van der Waals surface area contributed by atoms with E-state index in [-0.39, 0.29) is 11.8 Å². The van der Waals surface area contributed by atoms with E-state index < -0.39 is 0 Å². The normalized spacial score (nSPS) is 10.2. The molecule has 0 spiro atoms. The minimum Gasteiger partial charge on any atom is -0.383 e. The van der Waals surface area contributed by atoms with E-state index in [2.05, 4.69) is 10.6 Å². The summed E-state index contributed by atoms with van der Waals surface area (Å²) in [6, 6.07) is 6.43. The first-order valence-electron chi connectivity index (χ1n) is 6.61. The van der Waals surface area contributed by atoms with E-state index >= 15 is 0 Å². The van der Waals surface area contributed by atoms with Crippen LogP contribution in [0.25, 0.3) is 0 Å². The van der Waals surface area contributed by atoms with Crippen molar-refractivity contribution in [3.05, 3.63) is 30.1 Å². The number of anilines is 1. The molecule has 6 heteroatoms. The van der Waals surface area contributed by atoms with Crippen molar-refractivity contribution in [3.63, 3.8) is 0 Å². The molecule has 0 fully saturated rings. The van der Waals surface area contributed by atoms with Crippen molar-refractivity contribution in [1.82, 2.24) is 10.6 Å². The molecule has 0 atom stereocenters. The third-order valence-electron chi connectivity index (χ3n) is 2.81. The number of rotatable bonds is 8. The van der Waals surface area contributed by atoms with Gasteiger partial charge in [-0.25, -0.2) is 9.18 Å². The number of nitrogens with zero attached hydrogens (tertiary/aromatic N) is 1. The first-order chi connectivity index (χ1) is 9.65. The smallest absolute Gasteiger partial charge is 0.314 e. The molecular formula is C14H22FN3O2. The van der Waals surface area contributed by atoms with E-state index in [0.717, 1.165) is 6.42 Å². The van der Waals surface area contributed by atoms with Gasteiger partial charge in [-0.2, -0.15) is 0 Å². The zero-order valence-corrected chi connectivity index (χ0v) is 12.0. The lowest BCUT2D eigenvalue weighted by molar-refractivity contribution is 0.196. The Balaban J connectivity index is 2.18. The number of methoxy groups -OCH3 is 1. The van der Waals surface area contributed by atoms with Crippen LogP contribution in [0.4, 0.5) is 14.9 Å². The predicted octanol–water partition coefficient (Wildman–Crippen LogP) is 1.60. The van der Waals surface area contributed by atoms with Crippen LogP contribution in [0.3, 0.4) is 0 Å². The molecule has 0 aliphatic heterocycles. The molecule has 0 unspecified atom stereocenters. The fourth-order valence-corrected chi connectivity index (χ4v) is 1.73. The number of hydrogen-bond acceptors (Lipinski definition) is 3. The monoisotopic (exact) mass is 283 g/mol. The molecule has 2 amide bonds. The molecule has 112 valence electrons. The van der Waals surface area contributed by atoms with Gasteiger partial charge in [0.15, 0.2) is 0 Å². The molecule has 0 bridgehead atoms. The standard InChI is InChI=1S/C14H22FN3O2/c1-18(13-7-4-3-6-12(13)15)10-5-8-16-14(19)17-9-11-20-2/h3-4,6-7H,5,8-11H2,1-2H3,(H2,16,17,19). The Morgan fingerprint density at radius 2 is 2.00 bits per heavy atom. The minimum atomic E-state index is -0.236. The maximum atomic E-state index is 13.5. The molecule has 1 aromatic carbocycles. The van der Waals surface area contributed by atoms with Crippen LogP contribution in [0, 0.1) is 5.82 Å². The highest BCUT2D eigenvalue weighted by Crippen LogP contribution is 2.16. The SMILES string of the molecule is COCCNC(=O)NCCCN(C)c1ccccc1F. The number of ether oxygens (including phenoxy) is 1. The van der Waals surface area contributed by atoms with Gasteiger partial charge in [-0.3, -0.25) is 0 Å². The Bertz CT molecular complexity index is 415. The second-order valence-corrected chi connectivity index (χ2v) is 4.40. The molecule has 5 nitrogen and oxygen atoms in total. The highest BCUT2D eigenvalue weighted by molar-refractivity contribution is 5.73. The molecule has 0 aliphatic rings. The number of benzene rings is 1. The number of amides is 2. The van der Waals surface area contributed by atoms with Crippen LogP contribution < -0.4 is 15.5 Å². The number of hydrogen-bond donors (Lipinski definition) is 2. The van der Waals surface area contributed by atoms with E-state index in [9.17, 15) is 9.18 Å². The van der Waals surface area contributed by atoms with Crippen molar-refractivity contribution in [2.24, 2.45) is 0 Å². The van der Waals surface area contributed by atoms with E-state index in [1.807, 2.05) is 11.9 Å². The van der Waals surface area contributed by atoms with Crippen molar-refractivity contribution >= 4 is 11.7 Å². The third kappa shape index (κ3) is 5.88. The van der Waals surface area contributed by atoms with Crippen molar-refractivity contribution in [2.45, 2.75) is 6.42 Å². The third-order valence-corrected chi connectivity index (χ3v) is 2.81. The lowest BCUT2D eigenvalue weighted by atomic mass is 10.2. The van der Waals surface area contributed by atoms with Gasteiger partial charge >= 0.3 is 6.03 Å². The van der Waals surface area contributed by atoms with Crippen LogP contribution in [0.5, 0.6) is 0 Å². The molecule has 0 aliphatic carbocycles. The summed E-state index contributed by atoms with van der Waals surface area (Å²) in [6.07, 6.45) is 0.739. The maximum absolute atomic E-state index is 13.5. The van der Waals surface area contributed by atoms with Gasteiger partial charge in [-0.15, -0.1) is 0 Å². The summed E-state index contributed by atoms with van der Waals surface area (Å²) in [4.78, 5) is 13.2. The zero-order chi connectivity index (χ0) is 14.8. The number of urea groups is 1. The lowest BCUT2D eigenvalue weighted by Gasteiger charge is -2.19. The number of para-hydroxylation sites is 1. The Morgan fingerprint density at radius 3 is 2.70 bits per heavy atom. The zero-order valence-electron chi connectivity index (χ0n) is 12.0. The van der Waals surface area contributed by atoms with Crippen LogP contribution >= 0.6 is 0 Å². The van der Waals surface area contributed by atoms with Crippen molar-refractivity contribution in [2.75, 3.05) is 45.3 Å².